The molecule has 30 heavy (non-hydrogen) atoms. The number of hydrogen-bond donors (Lipinski definition) is 2. The molecule has 3 aromatic rings. The normalized spacial score (nSPS) is 15.1. The van der Waals surface area contributed by atoms with Gasteiger partial charge in [-0.15, -0.1) is 0 Å². The number of imidazole rings is 1. The number of sulfone groups is 1. The Hall–Kier alpha value is -2.84. The number of hydrogen-bond acceptors (Lipinski definition) is 6. The van der Waals surface area contributed by atoms with Crippen LogP contribution in [-0.4, -0.2) is 37.9 Å². The van der Waals surface area contributed by atoms with E-state index in [4.69, 9.17) is 9.47 Å². The number of rotatable bonds is 7. The standard InChI is InChI=1S/C22H25N3O4S/c1-30(26,27)20-5-3-19(4-6-20)29-21-7-2-18(25-22-14-23-15-24-22)13-17(21)12-16-8-10-28-11-9-16/h2-7,13-16,25H,8-12H2,1H3,(H,23,24). The first-order valence-electron chi connectivity index (χ1n) is 9.91. The number of anilines is 2. The Bertz CT molecular complexity index is 1070. The van der Waals surface area contributed by atoms with Gasteiger partial charge < -0.3 is 19.8 Å². The quantitative estimate of drug-likeness (QED) is 0.583. The van der Waals surface area contributed by atoms with Gasteiger partial charge in [0.1, 0.15) is 17.3 Å². The van der Waals surface area contributed by atoms with Gasteiger partial charge in [0.2, 0.25) is 0 Å². The van der Waals surface area contributed by atoms with Crippen molar-refractivity contribution in [3.05, 3.63) is 60.6 Å². The summed E-state index contributed by atoms with van der Waals surface area (Å²) in [5.41, 5.74) is 2.04. The van der Waals surface area contributed by atoms with Crippen molar-refractivity contribution in [1.29, 1.82) is 0 Å². The molecular weight excluding hydrogens is 402 g/mol. The summed E-state index contributed by atoms with van der Waals surface area (Å²) in [6.45, 7) is 1.58. The van der Waals surface area contributed by atoms with Crippen molar-refractivity contribution in [3.63, 3.8) is 0 Å². The Morgan fingerprint density at radius 3 is 2.60 bits per heavy atom. The first kappa shape index (κ1) is 20.4. The predicted molar refractivity (Wildman–Crippen MR) is 115 cm³/mol. The lowest BCUT2D eigenvalue weighted by Crippen LogP contribution is -2.17. The topological polar surface area (TPSA) is 93.3 Å². The molecule has 2 N–H and O–H groups in total. The summed E-state index contributed by atoms with van der Waals surface area (Å²) in [4.78, 5) is 7.35. The van der Waals surface area contributed by atoms with E-state index in [0.717, 1.165) is 55.3 Å². The number of benzene rings is 2. The lowest BCUT2D eigenvalue weighted by atomic mass is 9.92. The fraction of sp³-hybridized carbons (Fsp3) is 0.318. The second-order valence-corrected chi connectivity index (χ2v) is 9.53. The first-order valence-corrected chi connectivity index (χ1v) is 11.8. The molecule has 1 aliphatic heterocycles. The number of nitrogens with one attached hydrogen (secondary N) is 2. The summed E-state index contributed by atoms with van der Waals surface area (Å²) in [5.74, 6) is 2.72. The largest absolute Gasteiger partial charge is 0.457 e. The lowest BCUT2D eigenvalue weighted by molar-refractivity contribution is 0.0664. The van der Waals surface area contributed by atoms with E-state index in [0.29, 0.717) is 11.7 Å². The summed E-state index contributed by atoms with van der Waals surface area (Å²) < 4.78 is 35.0. The zero-order valence-electron chi connectivity index (χ0n) is 16.8. The Kier molecular flexibility index (Phi) is 6.06. The van der Waals surface area contributed by atoms with Gasteiger partial charge in [0, 0.05) is 25.2 Å². The number of aromatic amines is 1. The van der Waals surface area contributed by atoms with E-state index in [1.54, 1.807) is 36.8 Å². The first-order chi connectivity index (χ1) is 14.5. The Morgan fingerprint density at radius 1 is 1.17 bits per heavy atom. The average Bonchev–Trinajstić information content (AvgIpc) is 3.23. The third kappa shape index (κ3) is 5.20. The van der Waals surface area contributed by atoms with Gasteiger partial charge in [0.05, 0.1) is 17.4 Å². The van der Waals surface area contributed by atoms with Crippen molar-refractivity contribution in [2.75, 3.05) is 24.8 Å². The maximum absolute atomic E-state index is 11.7. The molecule has 0 saturated carbocycles. The molecule has 158 valence electrons. The van der Waals surface area contributed by atoms with Crippen LogP contribution in [0, 0.1) is 5.92 Å². The highest BCUT2D eigenvalue weighted by molar-refractivity contribution is 7.90. The van der Waals surface area contributed by atoms with E-state index in [1.807, 2.05) is 12.1 Å². The molecule has 0 amide bonds. The Morgan fingerprint density at radius 2 is 1.93 bits per heavy atom. The highest BCUT2D eigenvalue weighted by Gasteiger charge is 2.18. The zero-order chi connectivity index (χ0) is 21.0. The van der Waals surface area contributed by atoms with Gasteiger partial charge in [0.25, 0.3) is 0 Å². The van der Waals surface area contributed by atoms with Crippen LogP contribution in [0.25, 0.3) is 0 Å². The van der Waals surface area contributed by atoms with Crippen LogP contribution in [0.4, 0.5) is 11.5 Å². The zero-order valence-corrected chi connectivity index (χ0v) is 17.6. The average molecular weight is 428 g/mol. The molecule has 0 atom stereocenters. The third-order valence-corrected chi connectivity index (χ3v) is 6.30. The van der Waals surface area contributed by atoms with Gasteiger partial charge in [-0.1, -0.05) is 0 Å². The number of ether oxygens (including phenoxy) is 2. The van der Waals surface area contributed by atoms with Crippen molar-refractivity contribution in [2.45, 2.75) is 24.2 Å². The second kappa shape index (κ2) is 8.89. The van der Waals surface area contributed by atoms with Crippen molar-refractivity contribution in [1.82, 2.24) is 9.97 Å². The molecule has 0 bridgehead atoms. The SMILES string of the molecule is CS(=O)(=O)c1ccc(Oc2ccc(Nc3cnc[nH]3)cc2CC2CCOCC2)cc1. The van der Waals surface area contributed by atoms with E-state index in [9.17, 15) is 8.42 Å². The molecule has 7 nitrogen and oxygen atoms in total. The number of nitrogens with zero attached hydrogens (tertiary/aromatic N) is 1. The molecule has 0 spiro atoms. The second-order valence-electron chi connectivity index (χ2n) is 7.52. The Balaban J connectivity index is 1.58. The minimum atomic E-state index is -3.23. The van der Waals surface area contributed by atoms with Gasteiger partial charge in [-0.3, -0.25) is 0 Å². The minimum Gasteiger partial charge on any atom is -0.457 e. The van der Waals surface area contributed by atoms with E-state index in [2.05, 4.69) is 21.4 Å². The van der Waals surface area contributed by atoms with E-state index < -0.39 is 9.84 Å². The van der Waals surface area contributed by atoms with Crippen LogP contribution in [0.15, 0.2) is 59.9 Å². The molecule has 2 heterocycles. The van der Waals surface area contributed by atoms with Crippen LogP contribution < -0.4 is 10.1 Å². The summed E-state index contributed by atoms with van der Waals surface area (Å²) >= 11 is 0. The van der Waals surface area contributed by atoms with E-state index >= 15 is 0 Å². The molecule has 1 fully saturated rings. The van der Waals surface area contributed by atoms with Crippen molar-refractivity contribution in [2.24, 2.45) is 5.92 Å². The van der Waals surface area contributed by atoms with E-state index in [1.165, 1.54) is 6.26 Å². The highest BCUT2D eigenvalue weighted by atomic mass is 32.2. The summed E-state index contributed by atoms with van der Waals surface area (Å²) in [5, 5.41) is 3.31. The fourth-order valence-electron chi connectivity index (χ4n) is 3.54. The number of H-pyrrole nitrogens is 1. The highest BCUT2D eigenvalue weighted by Crippen LogP contribution is 2.33. The summed E-state index contributed by atoms with van der Waals surface area (Å²) in [6, 6.07) is 12.5. The minimum absolute atomic E-state index is 0.274. The van der Waals surface area contributed by atoms with Crippen molar-refractivity contribution in [3.8, 4) is 11.5 Å². The molecule has 4 rings (SSSR count). The molecular formula is C22H25N3O4S. The molecule has 1 saturated heterocycles. The fourth-order valence-corrected chi connectivity index (χ4v) is 4.17. The van der Waals surface area contributed by atoms with Crippen molar-refractivity contribution < 1.29 is 17.9 Å². The molecule has 2 aromatic carbocycles. The molecule has 0 unspecified atom stereocenters. The smallest absolute Gasteiger partial charge is 0.175 e. The molecule has 1 aliphatic rings. The maximum Gasteiger partial charge on any atom is 0.175 e. The van der Waals surface area contributed by atoms with Crippen LogP contribution >= 0.6 is 0 Å². The van der Waals surface area contributed by atoms with Gasteiger partial charge in [-0.25, -0.2) is 13.4 Å². The molecule has 0 aliphatic carbocycles. The van der Waals surface area contributed by atoms with Crippen LogP contribution in [0.3, 0.4) is 0 Å². The van der Waals surface area contributed by atoms with Gasteiger partial charge in [0.15, 0.2) is 9.84 Å². The van der Waals surface area contributed by atoms with Crippen LogP contribution in [0.2, 0.25) is 0 Å². The van der Waals surface area contributed by atoms with Gasteiger partial charge in [-0.05, 0) is 73.2 Å². The number of aromatic nitrogens is 2. The third-order valence-electron chi connectivity index (χ3n) is 5.17. The Labute approximate surface area is 176 Å². The molecule has 0 radical (unpaired) electrons. The predicted octanol–water partition coefficient (Wildman–Crippen LogP) is 4.32. The summed E-state index contributed by atoms with van der Waals surface area (Å²) in [7, 11) is -3.23. The molecule has 8 heteroatoms. The monoisotopic (exact) mass is 427 g/mol. The van der Waals surface area contributed by atoms with Gasteiger partial charge in [-0.2, -0.15) is 0 Å². The molecule has 1 aromatic heterocycles. The maximum atomic E-state index is 11.7. The van der Waals surface area contributed by atoms with Crippen LogP contribution in [0.5, 0.6) is 11.5 Å². The van der Waals surface area contributed by atoms with Crippen LogP contribution in [-0.2, 0) is 21.0 Å². The van der Waals surface area contributed by atoms with Crippen LogP contribution in [0.1, 0.15) is 18.4 Å². The summed E-state index contributed by atoms with van der Waals surface area (Å²) in [6.07, 6.45) is 7.50. The van der Waals surface area contributed by atoms with Crippen molar-refractivity contribution >= 4 is 21.3 Å². The van der Waals surface area contributed by atoms with E-state index in [-0.39, 0.29) is 4.90 Å². The lowest BCUT2D eigenvalue weighted by Gasteiger charge is -2.23. The van der Waals surface area contributed by atoms with Gasteiger partial charge >= 0.3 is 0 Å².